The molecule has 0 amide bonds. The monoisotopic (exact) mass is 304 g/mol. The highest BCUT2D eigenvalue weighted by atomic mass is 32.2. The molecule has 110 valence electrons. The van der Waals surface area contributed by atoms with E-state index in [1.54, 1.807) is 17.8 Å². The molecule has 0 unspecified atom stereocenters. The third kappa shape index (κ3) is 4.33. The standard InChI is InChI=1S/C16H18BFO2S/c1-11(2)13-4-6-14(7-5-13)21-10-12-3-8-16(18)15(9-12)17(19)20/h3-9,11,19-20H,10H2,1-2H3. The van der Waals surface area contributed by atoms with Gasteiger partial charge in [-0.25, -0.2) is 4.39 Å². The van der Waals surface area contributed by atoms with Crippen LogP contribution in [-0.4, -0.2) is 17.2 Å². The first-order valence-corrected chi connectivity index (χ1v) is 7.83. The Kier molecular flexibility index (Phi) is 5.45. The zero-order valence-electron chi connectivity index (χ0n) is 12.1. The molecule has 0 saturated heterocycles. The Bertz CT molecular complexity index is 600. The molecular formula is C16H18BFO2S. The topological polar surface area (TPSA) is 40.5 Å². The molecule has 0 heterocycles. The van der Waals surface area contributed by atoms with Gasteiger partial charge in [0.2, 0.25) is 0 Å². The molecule has 0 aliphatic heterocycles. The third-order valence-electron chi connectivity index (χ3n) is 3.29. The lowest BCUT2D eigenvalue weighted by atomic mass is 9.79. The SMILES string of the molecule is CC(C)c1ccc(SCc2ccc(F)c(B(O)O)c2)cc1. The van der Waals surface area contributed by atoms with Gasteiger partial charge in [0, 0.05) is 16.1 Å². The van der Waals surface area contributed by atoms with Crippen molar-refractivity contribution >= 4 is 24.3 Å². The Morgan fingerprint density at radius 3 is 2.33 bits per heavy atom. The maximum atomic E-state index is 13.4. The minimum Gasteiger partial charge on any atom is -0.423 e. The maximum Gasteiger partial charge on any atom is 0.491 e. The maximum absolute atomic E-state index is 13.4. The Morgan fingerprint density at radius 1 is 1.10 bits per heavy atom. The van der Waals surface area contributed by atoms with Crippen LogP contribution in [0.15, 0.2) is 47.4 Å². The second-order valence-electron chi connectivity index (χ2n) is 5.24. The summed E-state index contributed by atoms with van der Waals surface area (Å²) in [6.07, 6.45) is 0. The Labute approximate surface area is 129 Å². The van der Waals surface area contributed by atoms with Gasteiger partial charge in [0.15, 0.2) is 0 Å². The van der Waals surface area contributed by atoms with Crippen molar-refractivity contribution < 1.29 is 14.4 Å². The summed E-state index contributed by atoms with van der Waals surface area (Å²) in [5, 5.41) is 18.2. The highest BCUT2D eigenvalue weighted by molar-refractivity contribution is 7.98. The van der Waals surface area contributed by atoms with Crippen LogP contribution in [-0.2, 0) is 5.75 Å². The molecule has 21 heavy (non-hydrogen) atoms. The van der Waals surface area contributed by atoms with Gasteiger partial charge in [0.25, 0.3) is 0 Å². The van der Waals surface area contributed by atoms with Gasteiger partial charge in [0.05, 0.1) is 0 Å². The number of rotatable bonds is 5. The number of thioether (sulfide) groups is 1. The normalized spacial score (nSPS) is 11.0. The molecule has 0 saturated carbocycles. The van der Waals surface area contributed by atoms with Gasteiger partial charge >= 0.3 is 7.12 Å². The van der Waals surface area contributed by atoms with E-state index in [-0.39, 0.29) is 5.46 Å². The van der Waals surface area contributed by atoms with Crippen molar-refractivity contribution in [3.63, 3.8) is 0 Å². The summed E-state index contributed by atoms with van der Waals surface area (Å²) in [7, 11) is -1.78. The van der Waals surface area contributed by atoms with Gasteiger partial charge in [-0.15, -0.1) is 11.8 Å². The molecule has 5 heteroatoms. The molecule has 2 rings (SSSR count). The van der Waals surface area contributed by atoms with Crippen LogP contribution in [0.25, 0.3) is 0 Å². The lowest BCUT2D eigenvalue weighted by Gasteiger charge is -2.08. The molecule has 0 aliphatic rings. The fourth-order valence-corrected chi connectivity index (χ4v) is 2.84. The summed E-state index contributed by atoms with van der Waals surface area (Å²) in [4.78, 5) is 1.13. The largest absolute Gasteiger partial charge is 0.491 e. The summed E-state index contributed by atoms with van der Waals surface area (Å²) in [5.74, 6) is 0.566. The molecule has 0 atom stereocenters. The summed E-state index contributed by atoms with van der Waals surface area (Å²) >= 11 is 1.63. The summed E-state index contributed by atoms with van der Waals surface area (Å²) < 4.78 is 13.4. The van der Waals surface area contributed by atoms with Crippen LogP contribution < -0.4 is 5.46 Å². The number of halogens is 1. The highest BCUT2D eigenvalue weighted by Gasteiger charge is 2.16. The van der Waals surface area contributed by atoms with Crippen molar-refractivity contribution in [3.8, 4) is 0 Å². The van der Waals surface area contributed by atoms with Crippen LogP contribution in [0.3, 0.4) is 0 Å². The molecule has 0 fully saturated rings. The van der Waals surface area contributed by atoms with Crippen molar-refractivity contribution in [1.82, 2.24) is 0 Å². The molecule has 2 aromatic carbocycles. The second kappa shape index (κ2) is 7.12. The van der Waals surface area contributed by atoms with Crippen LogP contribution in [0.1, 0.15) is 30.9 Å². The molecule has 0 spiro atoms. The van der Waals surface area contributed by atoms with E-state index in [0.717, 1.165) is 10.5 Å². The van der Waals surface area contributed by atoms with Crippen molar-refractivity contribution in [2.75, 3.05) is 0 Å². The Hall–Kier alpha value is -1.30. The minimum absolute atomic E-state index is 0.0803. The average molecular weight is 304 g/mol. The lowest BCUT2D eigenvalue weighted by Crippen LogP contribution is -2.32. The summed E-state index contributed by atoms with van der Waals surface area (Å²) in [6, 6.07) is 12.8. The number of benzene rings is 2. The first-order valence-electron chi connectivity index (χ1n) is 6.84. The number of hydrogen-bond acceptors (Lipinski definition) is 3. The first kappa shape index (κ1) is 16.1. The van der Waals surface area contributed by atoms with Crippen LogP contribution in [0.5, 0.6) is 0 Å². The van der Waals surface area contributed by atoms with Crippen LogP contribution in [0.4, 0.5) is 4.39 Å². The van der Waals surface area contributed by atoms with E-state index in [9.17, 15) is 4.39 Å². The average Bonchev–Trinajstić information content (AvgIpc) is 2.46. The van der Waals surface area contributed by atoms with E-state index < -0.39 is 12.9 Å². The van der Waals surface area contributed by atoms with Crippen LogP contribution in [0.2, 0.25) is 0 Å². The molecule has 0 aliphatic carbocycles. The summed E-state index contributed by atoms with van der Waals surface area (Å²) in [6.45, 7) is 4.31. The molecule has 0 radical (unpaired) electrons. The highest BCUT2D eigenvalue weighted by Crippen LogP contribution is 2.24. The fourth-order valence-electron chi connectivity index (χ4n) is 2.00. The Balaban J connectivity index is 2.04. The van der Waals surface area contributed by atoms with E-state index in [2.05, 4.69) is 38.1 Å². The van der Waals surface area contributed by atoms with Crippen molar-refractivity contribution in [2.45, 2.75) is 30.4 Å². The second-order valence-corrected chi connectivity index (χ2v) is 6.29. The van der Waals surface area contributed by atoms with E-state index in [1.165, 1.54) is 17.7 Å². The van der Waals surface area contributed by atoms with E-state index >= 15 is 0 Å². The van der Waals surface area contributed by atoms with Crippen molar-refractivity contribution in [3.05, 3.63) is 59.4 Å². The first-order chi connectivity index (χ1) is 9.97. The van der Waals surface area contributed by atoms with Gasteiger partial charge in [-0.3, -0.25) is 0 Å². The van der Waals surface area contributed by atoms with Crippen molar-refractivity contribution in [2.24, 2.45) is 0 Å². The third-order valence-corrected chi connectivity index (χ3v) is 4.37. The molecule has 0 bridgehead atoms. The minimum atomic E-state index is -1.78. The molecule has 0 aromatic heterocycles. The quantitative estimate of drug-likeness (QED) is 0.659. The predicted octanol–water partition coefficient (Wildman–Crippen LogP) is 2.92. The molecule has 2 nitrogen and oxygen atoms in total. The molecule has 2 N–H and O–H groups in total. The molecular weight excluding hydrogens is 286 g/mol. The van der Waals surface area contributed by atoms with Gasteiger partial charge in [0.1, 0.15) is 5.82 Å². The van der Waals surface area contributed by atoms with Crippen LogP contribution >= 0.6 is 11.8 Å². The predicted molar refractivity (Wildman–Crippen MR) is 86.3 cm³/mol. The Morgan fingerprint density at radius 2 is 1.76 bits per heavy atom. The van der Waals surface area contributed by atoms with Crippen molar-refractivity contribution in [1.29, 1.82) is 0 Å². The van der Waals surface area contributed by atoms with E-state index in [0.29, 0.717) is 11.7 Å². The van der Waals surface area contributed by atoms with Gasteiger partial charge in [-0.05, 0) is 35.2 Å². The summed E-state index contributed by atoms with van der Waals surface area (Å²) in [5.41, 5.74) is 2.08. The van der Waals surface area contributed by atoms with E-state index in [4.69, 9.17) is 10.0 Å². The zero-order valence-corrected chi connectivity index (χ0v) is 12.9. The van der Waals surface area contributed by atoms with Crippen LogP contribution in [0, 0.1) is 5.82 Å². The fraction of sp³-hybridized carbons (Fsp3) is 0.250. The smallest absolute Gasteiger partial charge is 0.423 e. The number of hydrogen-bond donors (Lipinski definition) is 2. The van der Waals surface area contributed by atoms with Gasteiger partial charge < -0.3 is 10.0 Å². The lowest BCUT2D eigenvalue weighted by molar-refractivity contribution is 0.423. The van der Waals surface area contributed by atoms with E-state index in [1.807, 2.05) is 0 Å². The van der Waals surface area contributed by atoms with Gasteiger partial charge in [-0.1, -0.05) is 38.1 Å². The zero-order chi connectivity index (χ0) is 15.4. The van der Waals surface area contributed by atoms with Gasteiger partial charge in [-0.2, -0.15) is 0 Å². The molecule has 2 aromatic rings.